The molecule has 0 spiro atoms. The predicted molar refractivity (Wildman–Crippen MR) is 137 cm³/mol. The summed E-state index contributed by atoms with van der Waals surface area (Å²) in [5, 5.41) is 4.89. The summed E-state index contributed by atoms with van der Waals surface area (Å²) in [5.41, 5.74) is 1.98. The number of nitrogens with zero attached hydrogens (tertiary/aromatic N) is 2. The van der Waals surface area contributed by atoms with Crippen molar-refractivity contribution in [1.82, 2.24) is 10.2 Å². The molecular weight excluding hydrogens is 457 g/mol. The van der Waals surface area contributed by atoms with Crippen molar-refractivity contribution in [1.29, 1.82) is 0 Å². The molecule has 1 aliphatic carbocycles. The molecule has 2 aliphatic rings. The number of anilines is 1. The first-order valence-electron chi connectivity index (χ1n) is 12.6. The van der Waals surface area contributed by atoms with Gasteiger partial charge in [-0.1, -0.05) is 55.7 Å². The maximum absolute atomic E-state index is 13.7. The SMILES string of the molecule is C[C@@H](C(=O)NC1CCCCC1)N(Cc1ccc(F)cc1)C(=O)CN1C(=O)c2cccc3cccc1c23. The average Bonchev–Trinajstić information content (AvgIpc) is 3.16. The van der Waals surface area contributed by atoms with Gasteiger partial charge in [-0.15, -0.1) is 0 Å². The number of nitrogens with one attached hydrogen (secondary N) is 1. The molecule has 186 valence electrons. The number of benzene rings is 3. The molecule has 0 unspecified atom stereocenters. The van der Waals surface area contributed by atoms with Crippen molar-refractivity contribution in [2.75, 3.05) is 11.4 Å². The number of carbonyl (C=O) groups is 3. The summed E-state index contributed by atoms with van der Waals surface area (Å²) >= 11 is 0. The van der Waals surface area contributed by atoms with Gasteiger partial charge in [-0.3, -0.25) is 19.3 Å². The number of hydrogen-bond donors (Lipinski definition) is 1. The van der Waals surface area contributed by atoms with Crippen molar-refractivity contribution in [2.45, 2.75) is 57.7 Å². The lowest BCUT2D eigenvalue weighted by Crippen LogP contribution is -2.52. The fourth-order valence-electron chi connectivity index (χ4n) is 5.30. The van der Waals surface area contributed by atoms with Gasteiger partial charge < -0.3 is 10.2 Å². The Bertz CT molecular complexity index is 1300. The zero-order valence-electron chi connectivity index (χ0n) is 20.4. The van der Waals surface area contributed by atoms with Gasteiger partial charge >= 0.3 is 0 Å². The van der Waals surface area contributed by atoms with Crippen LogP contribution in [-0.4, -0.2) is 41.2 Å². The second kappa shape index (κ2) is 10.1. The molecule has 0 radical (unpaired) electrons. The average molecular weight is 488 g/mol. The third kappa shape index (κ3) is 4.70. The molecule has 3 amide bonds. The van der Waals surface area contributed by atoms with E-state index >= 15 is 0 Å². The first kappa shape index (κ1) is 24.0. The van der Waals surface area contributed by atoms with Gasteiger partial charge in [-0.25, -0.2) is 4.39 Å². The van der Waals surface area contributed by atoms with E-state index < -0.39 is 6.04 Å². The van der Waals surface area contributed by atoms with Crippen LogP contribution in [0.1, 0.15) is 54.9 Å². The third-order valence-corrected chi connectivity index (χ3v) is 7.33. The van der Waals surface area contributed by atoms with Gasteiger partial charge in [0.2, 0.25) is 11.8 Å². The van der Waals surface area contributed by atoms with Gasteiger partial charge in [0.1, 0.15) is 18.4 Å². The van der Waals surface area contributed by atoms with Gasteiger partial charge in [0, 0.05) is 23.5 Å². The summed E-state index contributed by atoms with van der Waals surface area (Å²) < 4.78 is 13.5. The topological polar surface area (TPSA) is 69.7 Å². The monoisotopic (exact) mass is 487 g/mol. The van der Waals surface area contributed by atoms with Gasteiger partial charge in [0.15, 0.2) is 0 Å². The lowest BCUT2D eigenvalue weighted by Gasteiger charge is -2.32. The van der Waals surface area contributed by atoms with Gasteiger partial charge in [0.05, 0.1) is 5.69 Å². The quantitative estimate of drug-likeness (QED) is 0.520. The highest BCUT2D eigenvalue weighted by atomic mass is 19.1. The van der Waals surface area contributed by atoms with Crippen LogP contribution in [0.2, 0.25) is 0 Å². The summed E-state index contributed by atoms with van der Waals surface area (Å²) in [6.45, 7) is 1.66. The van der Waals surface area contributed by atoms with Crippen LogP contribution in [0.3, 0.4) is 0 Å². The van der Waals surface area contributed by atoms with Gasteiger partial charge in [-0.2, -0.15) is 0 Å². The fraction of sp³-hybridized carbons (Fsp3) is 0.345. The normalized spacial score (nSPS) is 16.3. The highest BCUT2D eigenvalue weighted by molar-refractivity contribution is 6.26. The van der Waals surface area contributed by atoms with Crippen LogP contribution in [0.25, 0.3) is 10.8 Å². The molecule has 5 rings (SSSR count). The summed E-state index contributed by atoms with van der Waals surface area (Å²) in [6, 6.07) is 16.5. The zero-order chi connectivity index (χ0) is 25.2. The van der Waals surface area contributed by atoms with E-state index in [-0.39, 0.29) is 42.7 Å². The summed E-state index contributed by atoms with van der Waals surface area (Å²) in [5.74, 6) is -1.15. The Hall–Kier alpha value is -3.74. The van der Waals surface area contributed by atoms with E-state index in [0.717, 1.165) is 36.5 Å². The Morgan fingerprint density at radius 2 is 1.72 bits per heavy atom. The smallest absolute Gasteiger partial charge is 0.259 e. The number of hydrogen-bond acceptors (Lipinski definition) is 3. The van der Waals surface area contributed by atoms with E-state index in [1.807, 2.05) is 30.3 Å². The van der Waals surface area contributed by atoms with E-state index in [2.05, 4.69) is 5.32 Å². The molecule has 3 aromatic carbocycles. The summed E-state index contributed by atoms with van der Waals surface area (Å²) in [6.07, 6.45) is 5.22. The van der Waals surface area contributed by atoms with E-state index in [9.17, 15) is 18.8 Å². The van der Waals surface area contributed by atoms with E-state index in [1.54, 1.807) is 25.1 Å². The fourth-order valence-corrected chi connectivity index (χ4v) is 5.30. The number of carbonyl (C=O) groups excluding carboxylic acids is 3. The van der Waals surface area contributed by atoms with E-state index in [0.29, 0.717) is 16.8 Å². The molecule has 7 heteroatoms. The third-order valence-electron chi connectivity index (χ3n) is 7.33. The van der Waals surface area contributed by atoms with Crippen molar-refractivity contribution in [2.24, 2.45) is 0 Å². The van der Waals surface area contributed by atoms with Crippen molar-refractivity contribution in [3.8, 4) is 0 Å². The molecular formula is C29H30FN3O3. The molecule has 1 saturated carbocycles. The minimum Gasteiger partial charge on any atom is -0.352 e. The summed E-state index contributed by atoms with van der Waals surface area (Å²) in [7, 11) is 0. The second-order valence-electron chi connectivity index (χ2n) is 9.74. The van der Waals surface area contributed by atoms with Crippen molar-refractivity contribution >= 4 is 34.2 Å². The molecule has 0 saturated heterocycles. The molecule has 36 heavy (non-hydrogen) atoms. The Kier molecular flexibility index (Phi) is 6.72. The van der Waals surface area contributed by atoms with Crippen LogP contribution in [0.5, 0.6) is 0 Å². The van der Waals surface area contributed by atoms with Gasteiger partial charge in [0.25, 0.3) is 5.91 Å². The lowest BCUT2D eigenvalue weighted by atomic mass is 9.95. The van der Waals surface area contributed by atoms with Gasteiger partial charge in [-0.05, 0) is 55.0 Å². The van der Waals surface area contributed by atoms with Crippen molar-refractivity contribution < 1.29 is 18.8 Å². The number of rotatable bonds is 7. The Morgan fingerprint density at radius 3 is 2.44 bits per heavy atom. The Balaban J connectivity index is 1.39. The number of amides is 3. The highest BCUT2D eigenvalue weighted by Crippen LogP contribution is 2.37. The molecule has 1 N–H and O–H groups in total. The molecule has 0 bridgehead atoms. The van der Waals surface area contributed by atoms with E-state index in [4.69, 9.17) is 0 Å². The Morgan fingerprint density at radius 1 is 1.03 bits per heavy atom. The largest absolute Gasteiger partial charge is 0.352 e. The minimum atomic E-state index is -0.750. The second-order valence-corrected chi connectivity index (χ2v) is 9.74. The Labute approximate surface area is 210 Å². The molecule has 0 aromatic heterocycles. The van der Waals surface area contributed by atoms with Crippen LogP contribution in [0, 0.1) is 5.82 Å². The minimum absolute atomic E-state index is 0.115. The molecule has 1 heterocycles. The van der Waals surface area contributed by atoms with Crippen LogP contribution in [0.15, 0.2) is 60.7 Å². The molecule has 1 atom stereocenters. The van der Waals surface area contributed by atoms with Crippen LogP contribution in [-0.2, 0) is 16.1 Å². The van der Waals surface area contributed by atoms with Crippen molar-refractivity contribution in [3.05, 3.63) is 77.6 Å². The molecule has 6 nitrogen and oxygen atoms in total. The van der Waals surface area contributed by atoms with Crippen LogP contribution < -0.4 is 10.2 Å². The maximum atomic E-state index is 13.7. The lowest BCUT2D eigenvalue weighted by molar-refractivity contribution is -0.139. The summed E-state index contributed by atoms with van der Waals surface area (Å²) in [4.78, 5) is 43.1. The first-order valence-corrected chi connectivity index (χ1v) is 12.6. The maximum Gasteiger partial charge on any atom is 0.259 e. The van der Waals surface area contributed by atoms with Crippen LogP contribution >= 0.6 is 0 Å². The van der Waals surface area contributed by atoms with E-state index in [1.165, 1.54) is 28.4 Å². The van der Waals surface area contributed by atoms with Crippen molar-refractivity contribution in [3.63, 3.8) is 0 Å². The molecule has 1 fully saturated rings. The standard InChI is InChI=1S/C29H30FN3O3/c1-19(28(35)31-23-9-3-2-4-10-23)32(17-20-13-15-22(30)16-14-20)26(34)18-33-25-12-6-8-21-7-5-11-24(27(21)25)29(33)36/h5-8,11-16,19,23H,2-4,9-10,17-18H2,1H3,(H,31,35)/t19-/m0/s1. The molecule has 1 aliphatic heterocycles. The predicted octanol–water partition coefficient (Wildman–Crippen LogP) is 4.81. The number of halogens is 1. The molecule has 3 aromatic rings. The first-order chi connectivity index (χ1) is 17.4. The zero-order valence-corrected chi connectivity index (χ0v) is 20.4. The highest BCUT2D eigenvalue weighted by Gasteiger charge is 2.34. The van der Waals surface area contributed by atoms with Crippen LogP contribution in [0.4, 0.5) is 10.1 Å².